The van der Waals surface area contributed by atoms with Crippen LogP contribution >= 0.6 is 0 Å². The zero-order valence-electron chi connectivity index (χ0n) is 14.0. The molecule has 2 aliphatic heterocycles. The van der Waals surface area contributed by atoms with Crippen LogP contribution in [0, 0.1) is 5.92 Å². The van der Waals surface area contributed by atoms with Gasteiger partial charge in [-0.2, -0.15) is 0 Å². The van der Waals surface area contributed by atoms with Crippen LogP contribution in [-0.4, -0.2) is 75.6 Å². The molecule has 1 saturated carbocycles. The predicted molar refractivity (Wildman–Crippen MR) is 86.1 cm³/mol. The second-order valence-electron chi connectivity index (χ2n) is 7.27. The van der Waals surface area contributed by atoms with Crippen molar-refractivity contribution in [3.8, 4) is 0 Å². The van der Waals surface area contributed by atoms with Crippen LogP contribution in [0.2, 0.25) is 0 Å². The van der Waals surface area contributed by atoms with Gasteiger partial charge in [0.25, 0.3) is 0 Å². The van der Waals surface area contributed by atoms with E-state index in [-0.39, 0.29) is 17.7 Å². The second kappa shape index (κ2) is 6.16. The number of hydrogen-bond acceptors (Lipinski definition) is 5. The molecule has 24 heavy (non-hydrogen) atoms. The summed E-state index contributed by atoms with van der Waals surface area (Å²) in [5.41, 5.74) is 0. The molecule has 130 valence electrons. The van der Waals surface area contributed by atoms with Crippen molar-refractivity contribution in [1.82, 2.24) is 29.9 Å². The SMILES string of the molecule is CN1CC(N2CC(C(=O)NCCn3cnnc3C3CC3)CC2=O)C1. The van der Waals surface area contributed by atoms with Gasteiger partial charge in [-0.05, 0) is 19.9 Å². The summed E-state index contributed by atoms with van der Waals surface area (Å²) >= 11 is 0. The summed E-state index contributed by atoms with van der Waals surface area (Å²) < 4.78 is 2.02. The quantitative estimate of drug-likeness (QED) is 0.755. The molecule has 3 heterocycles. The lowest BCUT2D eigenvalue weighted by Gasteiger charge is -2.42. The molecular weight excluding hydrogens is 308 g/mol. The van der Waals surface area contributed by atoms with Gasteiger partial charge >= 0.3 is 0 Å². The molecule has 3 fully saturated rings. The Labute approximate surface area is 141 Å². The summed E-state index contributed by atoms with van der Waals surface area (Å²) in [5.74, 6) is 1.46. The molecule has 4 rings (SSSR count). The van der Waals surface area contributed by atoms with Gasteiger partial charge in [-0.1, -0.05) is 0 Å². The van der Waals surface area contributed by atoms with Crippen molar-refractivity contribution in [3.05, 3.63) is 12.2 Å². The van der Waals surface area contributed by atoms with E-state index in [1.165, 1.54) is 12.8 Å². The smallest absolute Gasteiger partial charge is 0.225 e. The highest BCUT2D eigenvalue weighted by Crippen LogP contribution is 2.38. The lowest BCUT2D eigenvalue weighted by molar-refractivity contribution is -0.132. The van der Waals surface area contributed by atoms with Gasteiger partial charge in [-0.3, -0.25) is 9.59 Å². The van der Waals surface area contributed by atoms with Crippen LogP contribution in [-0.2, 0) is 16.1 Å². The Morgan fingerprint density at radius 2 is 2.12 bits per heavy atom. The minimum Gasteiger partial charge on any atom is -0.354 e. The zero-order valence-corrected chi connectivity index (χ0v) is 14.0. The van der Waals surface area contributed by atoms with Crippen LogP contribution < -0.4 is 5.32 Å². The largest absolute Gasteiger partial charge is 0.354 e. The topological polar surface area (TPSA) is 83.4 Å². The van der Waals surface area contributed by atoms with Crippen molar-refractivity contribution in [2.75, 3.05) is 33.2 Å². The van der Waals surface area contributed by atoms with Gasteiger partial charge in [-0.25, -0.2) is 0 Å². The Morgan fingerprint density at radius 1 is 1.33 bits per heavy atom. The van der Waals surface area contributed by atoms with E-state index in [1.807, 2.05) is 16.5 Å². The third kappa shape index (κ3) is 3.02. The minimum absolute atomic E-state index is 0.0143. The lowest BCUT2D eigenvalue weighted by atomic mass is 10.1. The highest BCUT2D eigenvalue weighted by molar-refractivity contribution is 5.89. The van der Waals surface area contributed by atoms with Gasteiger partial charge in [0, 0.05) is 45.1 Å². The van der Waals surface area contributed by atoms with E-state index in [0.29, 0.717) is 38.0 Å². The summed E-state index contributed by atoms with van der Waals surface area (Å²) in [6.45, 7) is 3.62. The lowest BCUT2D eigenvalue weighted by Crippen LogP contribution is -2.58. The average Bonchev–Trinajstić information content (AvgIpc) is 3.14. The fraction of sp³-hybridized carbons (Fsp3) is 0.750. The maximum absolute atomic E-state index is 12.3. The minimum atomic E-state index is -0.216. The van der Waals surface area contributed by atoms with Crippen molar-refractivity contribution in [2.45, 2.75) is 37.8 Å². The summed E-state index contributed by atoms with van der Waals surface area (Å²) in [7, 11) is 2.04. The number of amides is 2. The molecule has 1 aromatic rings. The monoisotopic (exact) mass is 332 g/mol. The van der Waals surface area contributed by atoms with Gasteiger partial charge in [0.2, 0.25) is 11.8 Å². The number of carbonyl (C=O) groups is 2. The van der Waals surface area contributed by atoms with Gasteiger partial charge in [0.05, 0.1) is 12.0 Å². The van der Waals surface area contributed by atoms with Gasteiger partial charge in [0.1, 0.15) is 12.2 Å². The molecule has 0 aromatic carbocycles. The van der Waals surface area contributed by atoms with E-state index < -0.39 is 0 Å². The van der Waals surface area contributed by atoms with Crippen LogP contribution in [0.5, 0.6) is 0 Å². The molecule has 2 amide bonds. The Balaban J connectivity index is 1.24. The molecular formula is C16H24N6O2. The number of nitrogens with zero attached hydrogens (tertiary/aromatic N) is 5. The third-order valence-electron chi connectivity index (χ3n) is 5.25. The highest BCUT2D eigenvalue weighted by Gasteiger charge is 2.41. The van der Waals surface area contributed by atoms with Gasteiger partial charge in [0.15, 0.2) is 0 Å². The number of hydrogen-bond donors (Lipinski definition) is 1. The number of aromatic nitrogens is 3. The van der Waals surface area contributed by atoms with Crippen molar-refractivity contribution in [1.29, 1.82) is 0 Å². The van der Waals surface area contributed by atoms with E-state index >= 15 is 0 Å². The highest BCUT2D eigenvalue weighted by atomic mass is 16.2. The molecule has 1 aromatic heterocycles. The molecule has 1 atom stereocenters. The standard InChI is InChI=1S/C16H24N6O2/c1-20-8-13(9-20)22-7-12(6-14(22)23)16(24)17-4-5-21-10-18-19-15(21)11-2-3-11/h10-13H,2-9H2,1H3,(H,17,24). The van der Waals surface area contributed by atoms with E-state index in [9.17, 15) is 9.59 Å². The molecule has 8 heteroatoms. The van der Waals surface area contributed by atoms with E-state index in [4.69, 9.17) is 0 Å². The van der Waals surface area contributed by atoms with Crippen molar-refractivity contribution in [3.63, 3.8) is 0 Å². The maximum Gasteiger partial charge on any atom is 0.225 e. The number of rotatable bonds is 6. The average molecular weight is 332 g/mol. The normalized spacial score (nSPS) is 25.1. The van der Waals surface area contributed by atoms with E-state index in [2.05, 4.69) is 20.4 Å². The second-order valence-corrected chi connectivity index (χ2v) is 7.27. The fourth-order valence-electron chi connectivity index (χ4n) is 3.66. The van der Waals surface area contributed by atoms with Crippen molar-refractivity contribution in [2.24, 2.45) is 5.92 Å². The molecule has 1 N–H and O–H groups in total. The van der Waals surface area contributed by atoms with Gasteiger partial charge in [-0.15, -0.1) is 10.2 Å². The first-order chi connectivity index (χ1) is 11.6. The Kier molecular flexibility index (Phi) is 3.99. The van der Waals surface area contributed by atoms with E-state index in [0.717, 1.165) is 18.9 Å². The van der Waals surface area contributed by atoms with Crippen molar-refractivity contribution < 1.29 is 9.59 Å². The summed E-state index contributed by atoms with van der Waals surface area (Å²) in [4.78, 5) is 28.5. The Hall–Kier alpha value is -1.96. The predicted octanol–water partition coefficient (Wildman–Crippen LogP) is -0.566. The maximum atomic E-state index is 12.3. The Morgan fingerprint density at radius 3 is 2.83 bits per heavy atom. The number of carbonyl (C=O) groups excluding carboxylic acids is 2. The molecule has 0 spiro atoms. The summed E-state index contributed by atoms with van der Waals surface area (Å²) in [5, 5.41) is 11.1. The van der Waals surface area contributed by atoms with Crippen LogP contribution in [0.15, 0.2) is 6.33 Å². The van der Waals surface area contributed by atoms with E-state index in [1.54, 1.807) is 6.33 Å². The molecule has 1 unspecified atom stereocenters. The van der Waals surface area contributed by atoms with Crippen molar-refractivity contribution >= 4 is 11.8 Å². The van der Waals surface area contributed by atoms with Crippen LogP contribution in [0.4, 0.5) is 0 Å². The molecule has 2 saturated heterocycles. The molecule has 8 nitrogen and oxygen atoms in total. The zero-order chi connectivity index (χ0) is 16.7. The molecule has 1 aliphatic carbocycles. The number of likely N-dealkylation sites (tertiary alicyclic amines) is 2. The molecule has 0 bridgehead atoms. The number of nitrogens with one attached hydrogen (secondary N) is 1. The first kappa shape index (κ1) is 15.6. The third-order valence-corrected chi connectivity index (χ3v) is 5.25. The van der Waals surface area contributed by atoms with Crippen LogP contribution in [0.1, 0.15) is 31.0 Å². The summed E-state index contributed by atoms with van der Waals surface area (Å²) in [6.07, 6.45) is 4.43. The first-order valence-electron chi connectivity index (χ1n) is 8.75. The van der Waals surface area contributed by atoms with Crippen LogP contribution in [0.3, 0.4) is 0 Å². The van der Waals surface area contributed by atoms with Crippen LogP contribution in [0.25, 0.3) is 0 Å². The summed E-state index contributed by atoms with van der Waals surface area (Å²) in [6, 6.07) is 0.290. The molecule has 3 aliphatic rings. The Bertz CT molecular complexity index is 634. The van der Waals surface area contributed by atoms with Gasteiger partial charge < -0.3 is 19.7 Å². The fourth-order valence-corrected chi connectivity index (χ4v) is 3.66. The first-order valence-corrected chi connectivity index (χ1v) is 8.75. The molecule has 0 radical (unpaired) electrons. The number of likely N-dealkylation sites (N-methyl/N-ethyl adjacent to an activating group) is 1.